The first kappa shape index (κ1) is 18.5. The van der Waals surface area contributed by atoms with Crippen molar-refractivity contribution >= 4 is 52.3 Å². The van der Waals surface area contributed by atoms with E-state index in [-0.39, 0.29) is 14.9 Å². The molecule has 0 atom stereocenters. The van der Waals surface area contributed by atoms with Gasteiger partial charge in [-0.25, -0.2) is 21.8 Å². The number of fused-ring (bicyclic) bond motifs is 1. The molecule has 1 amide bonds. The second kappa shape index (κ2) is 6.78. The van der Waals surface area contributed by atoms with Gasteiger partial charge in [0.25, 0.3) is 0 Å². The third-order valence-corrected chi connectivity index (χ3v) is 7.13. The number of amides is 1. The summed E-state index contributed by atoms with van der Waals surface area (Å²) in [6.45, 7) is 0. The Morgan fingerprint density at radius 3 is 2.38 bits per heavy atom. The topological polar surface area (TPSA) is 110 Å². The van der Waals surface area contributed by atoms with E-state index in [0.717, 1.165) is 17.6 Å². The van der Waals surface area contributed by atoms with Crippen molar-refractivity contribution < 1.29 is 21.6 Å². The number of hydrogen-bond acceptors (Lipinski definition) is 7. The largest absolute Gasteiger partial charge is 0.301 e. The molecule has 0 saturated heterocycles. The zero-order valence-electron chi connectivity index (χ0n) is 13.5. The summed E-state index contributed by atoms with van der Waals surface area (Å²) >= 11 is 1.08. The summed E-state index contributed by atoms with van der Waals surface area (Å²) < 4.78 is 48.2. The molecule has 26 heavy (non-hydrogen) atoms. The Balaban J connectivity index is 1.79. The number of thiazole rings is 1. The molecule has 0 bridgehead atoms. The van der Waals surface area contributed by atoms with Crippen LogP contribution in [0.25, 0.3) is 10.2 Å². The van der Waals surface area contributed by atoms with Crippen LogP contribution in [-0.4, -0.2) is 39.7 Å². The summed E-state index contributed by atoms with van der Waals surface area (Å²) in [6, 6.07) is 12.1. The van der Waals surface area contributed by atoms with E-state index in [4.69, 9.17) is 0 Å². The first-order chi connectivity index (χ1) is 12.1. The second-order valence-electron chi connectivity index (χ2n) is 5.54. The minimum atomic E-state index is -3.75. The summed E-state index contributed by atoms with van der Waals surface area (Å²) in [6.07, 6.45) is 1.10. The molecule has 136 valence electrons. The van der Waals surface area contributed by atoms with Crippen LogP contribution in [0.15, 0.2) is 58.3 Å². The Labute approximate surface area is 154 Å². The van der Waals surface area contributed by atoms with Gasteiger partial charge >= 0.3 is 0 Å². The number of benzene rings is 2. The van der Waals surface area contributed by atoms with Crippen LogP contribution in [-0.2, 0) is 24.5 Å². The van der Waals surface area contributed by atoms with Gasteiger partial charge in [0.05, 0.1) is 20.0 Å². The van der Waals surface area contributed by atoms with Crippen molar-refractivity contribution in [1.82, 2.24) is 4.98 Å². The maximum absolute atomic E-state index is 12.2. The smallest absolute Gasteiger partial charge is 0.241 e. The zero-order chi connectivity index (χ0) is 18.9. The molecule has 3 rings (SSSR count). The number of sulfone groups is 2. The molecule has 0 saturated carbocycles. The molecule has 10 heteroatoms. The highest BCUT2D eigenvalue weighted by Crippen LogP contribution is 2.28. The van der Waals surface area contributed by atoms with Gasteiger partial charge in [-0.15, -0.1) is 0 Å². The number of rotatable bonds is 5. The fourth-order valence-electron chi connectivity index (χ4n) is 2.23. The van der Waals surface area contributed by atoms with Crippen LogP contribution >= 0.6 is 11.3 Å². The van der Waals surface area contributed by atoms with Crippen molar-refractivity contribution in [3.63, 3.8) is 0 Å². The van der Waals surface area contributed by atoms with E-state index < -0.39 is 31.3 Å². The van der Waals surface area contributed by atoms with Crippen LogP contribution in [0.1, 0.15) is 0 Å². The number of anilines is 1. The van der Waals surface area contributed by atoms with Crippen LogP contribution in [0.4, 0.5) is 5.13 Å². The highest BCUT2D eigenvalue weighted by Gasteiger charge is 2.20. The summed E-state index contributed by atoms with van der Waals surface area (Å²) in [5.41, 5.74) is 0.517. The number of nitrogens with one attached hydrogen (secondary N) is 1. The van der Waals surface area contributed by atoms with Gasteiger partial charge in [-0.1, -0.05) is 29.5 Å². The molecule has 3 aromatic rings. The van der Waals surface area contributed by atoms with Gasteiger partial charge in [0.2, 0.25) is 5.91 Å². The predicted molar refractivity (Wildman–Crippen MR) is 99.9 cm³/mol. The Morgan fingerprint density at radius 1 is 1.04 bits per heavy atom. The number of hydrogen-bond donors (Lipinski definition) is 1. The molecule has 0 aliphatic rings. The average Bonchev–Trinajstić information content (AvgIpc) is 2.95. The Hall–Kier alpha value is -2.30. The van der Waals surface area contributed by atoms with Gasteiger partial charge in [-0.2, -0.15) is 0 Å². The Bertz CT molecular complexity index is 1180. The molecule has 1 aromatic heterocycles. The monoisotopic (exact) mass is 410 g/mol. The van der Waals surface area contributed by atoms with E-state index in [0.29, 0.717) is 10.2 Å². The number of nitrogens with zero attached hydrogens (tertiary/aromatic N) is 1. The first-order valence-corrected chi connectivity index (χ1v) is 11.7. The van der Waals surface area contributed by atoms with E-state index in [9.17, 15) is 21.6 Å². The first-order valence-electron chi connectivity index (χ1n) is 7.33. The fraction of sp³-hybridized carbons (Fsp3) is 0.125. The lowest BCUT2D eigenvalue weighted by atomic mass is 10.3. The lowest BCUT2D eigenvalue weighted by molar-refractivity contribution is -0.113. The molecule has 0 aliphatic heterocycles. The van der Waals surface area contributed by atoms with Crippen LogP contribution in [0.3, 0.4) is 0 Å². The predicted octanol–water partition coefficient (Wildman–Crippen LogP) is 2.11. The summed E-state index contributed by atoms with van der Waals surface area (Å²) in [5, 5.41) is 2.66. The third-order valence-electron chi connectivity index (χ3n) is 3.46. The molecule has 2 aromatic carbocycles. The summed E-state index contributed by atoms with van der Waals surface area (Å²) in [5.74, 6) is -1.42. The van der Waals surface area contributed by atoms with Crippen molar-refractivity contribution in [1.29, 1.82) is 0 Å². The molecular weight excluding hydrogens is 396 g/mol. The minimum absolute atomic E-state index is 0.0669. The van der Waals surface area contributed by atoms with E-state index >= 15 is 0 Å². The molecule has 0 radical (unpaired) electrons. The van der Waals surface area contributed by atoms with Gasteiger partial charge < -0.3 is 5.32 Å². The second-order valence-corrected chi connectivity index (χ2v) is 10.6. The molecule has 1 heterocycles. The maximum Gasteiger partial charge on any atom is 0.241 e. The highest BCUT2D eigenvalue weighted by atomic mass is 32.2. The van der Waals surface area contributed by atoms with Gasteiger partial charge in [0, 0.05) is 6.26 Å². The van der Waals surface area contributed by atoms with Gasteiger partial charge in [0.15, 0.2) is 24.8 Å². The van der Waals surface area contributed by atoms with Crippen molar-refractivity contribution in [3.8, 4) is 0 Å². The van der Waals surface area contributed by atoms with E-state index in [1.807, 2.05) is 0 Å². The molecule has 0 aliphatic carbocycles. The lowest BCUT2D eigenvalue weighted by Crippen LogP contribution is -2.22. The summed E-state index contributed by atoms with van der Waals surface area (Å²) in [4.78, 5) is 16.5. The van der Waals surface area contributed by atoms with Crippen LogP contribution in [0.2, 0.25) is 0 Å². The normalized spacial score (nSPS) is 12.2. The molecule has 7 nitrogen and oxygen atoms in total. The van der Waals surface area contributed by atoms with Crippen molar-refractivity contribution in [2.75, 3.05) is 17.3 Å². The van der Waals surface area contributed by atoms with Crippen LogP contribution in [0, 0.1) is 0 Å². The number of aromatic nitrogens is 1. The van der Waals surface area contributed by atoms with Gasteiger partial charge in [-0.05, 0) is 30.3 Å². The highest BCUT2D eigenvalue weighted by molar-refractivity contribution is 7.92. The lowest BCUT2D eigenvalue weighted by Gasteiger charge is -2.04. The van der Waals surface area contributed by atoms with Gasteiger partial charge in [0.1, 0.15) is 5.75 Å². The van der Waals surface area contributed by atoms with E-state index in [2.05, 4.69) is 10.3 Å². The molecule has 0 fully saturated rings. The minimum Gasteiger partial charge on any atom is -0.301 e. The van der Waals surface area contributed by atoms with Gasteiger partial charge in [-0.3, -0.25) is 4.79 Å². The quantitative estimate of drug-likeness (QED) is 0.690. The third kappa shape index (κ3) is 4.09. The number of carbonyl (C=O) groups excluding carboxylic acids is 1. The molecule has 0 unspecified atom stereocenters. The van der Waals surface area contributed by atoms with Crippen LogP contribution in [0.5, 0.6) is 0 Å². The standard InChI is InChI=1S/C16H14N2O5S3/c1-25(20,21)12-7-8-13-14(9-12)24-16(17-13)18-15(19)10-26(22,23)11-5-3-2-4-6-11/h2-9H,10H2,1H3,(H,17,18,19). The van der Waals surface area contributed by atoms with E-state index in [1.165, 1.54) is 24.3 Å². The van der Waals surface area contributed by atoms with E-state index in [1.54, 1.807) is 24.3 Å². The SMILES string of the molecule is CS(=O)(=O)c1ccc2nc(NC(=O)CS(=O)(=O)c3ccccc3)sc2c1. The maximum atomic E-state index is 12.2. The molecule has 1 N–H and O–H groups in total. The van der Waals surface area contributed by atoms with Crippen LogP contribution < -0.4 is 5.32 Å². The number of carbonyl (C=O) groups is 1. The fourth-order valence-corrected chi connectivity index (χ4v) is 5.03. The average molecular weight is 410 g/mol. The Kier molecular flexibility index (Phi) is 4.82. The zero-order valence-corrected chi connectivity index (χ0v) is 16.0. The molecule has 0 spiro atoms. The molecular formula is C16H14N2O5S3. The Morgan fingerprint density at radius 2 is 1.73 bits per heavy atom. The summed E-state index contributed by atoms with van der Waals surface area (Å²) in [7, 11) is -7.10. The van der Waals surface area contributed by atoms with Crippen molar-refractivity contribution in [2.24, 2.45) is 0 Å². The van der Waals surface area contributed by atoms with Crippen molar-refractivity contribution in [3.05, 3.63) is 48.5 Å². The van der Waals surface area contributed by atoms with Crippen molar-refractivity contribution in [2.45, 2.75) is 9.79 Å².